The fraction of sp³-hybridized carbons (Fsp3) is 0.182. The van der Waals surface area contributed by atoms with Gasteiger partial charge in [-0.1, -0.05) is 35.9 Å². The number of nitrogens with zero attached hydrogens (tertiary/aromatic N) is 1. The van der Waals surface area contributed by atoms with Crippen molar-refractivity contribution < 1.29 is 17.9 Å². The summed E-state index contributed by atoms with van der Waals surface area (Å²) >= 11 is 0. The van der Waals surface area contributed by atoms with E-state index in [2.05, 4.69) is 0 Å². The number of methoxy groups -OCH3 is 1. The third-order valence-electron chi connectivity index (χ3n) is 4.83. The topological polar surface area (TPSA) is 55.8 Å². The van der Waals surface area contributed by atoms with Crippen LogP contribution in [0.2, 0.25) is 0 Å². The lowest BCUT2D eigenvalue weighted by Gasteiger charge is -2.20. The molecule has 5 nitrogen and oxygen atoms in total. The summed E-state index contributed by atoms with van der Waals surface area (Å²) in [6, 6.07) is 21.6. The van der Waals surface area contributed by atoms with E-state index in [9.17, 15) is 8.42 Å². The summed E-state index contributed by atoms with van der Waals surface area (Å²) in [5, 5.41) is 0. The number of rotatable bonds is 5. The van der Waals surface area contributed by atoms with Crippen LogP contribution in [0.25, 0.3) is 0 Å². The van der Waals surface area contributed by atoms with Gasteiger partial charge in [-0.3, -0.25) is 4.31 Å². The van der Waals surface area contributed by atoms with Crippen LogP contribution in [0.15, 0.2) is 77.7 Å². The lowest BCUT2D eigenvalue weighted by molar-refractivity contribution is 0.224. The predicted octanol–water partition coefficient (Wildman–Crippen LogP) is 4.33. The molecular formula is C22H21NO4S. The summed E-state index contributed by atoms with van der Waals surface area (Å²) in [5.41, 5.74) is 2.53. The summed E-state index contributed by atoms with van der Waals surface area (Å²) in [6.07, 6.45) is -0.384. The van der Waals surface area contributed by atoms with Crippen molar-refractivity contribution >= 4 is 15.7 Å². The molecule has 0 N–H and O–H groups in total. The zero-order valence-electron chi connectivity index (χ0n) is 15.7. The number of benzene rings is 3. The van der Waals surface area contributed by atoms with Gasteiger partial charge in [0, 0.05) is 5.56 Å². The van der Waals surface area contributed by atoms with Crippen molar-refractivity contribution in [3.8, 4) is 11.5 Å². The van der Waals surface area contributed by atoms with Crippen molar-refractivity contribution in [2.24, 2.45) is 0 Å². The average molecular weight is 395 g/mol. The number of para-hydroxylation sites is 1. The first-order chi connectivity index (χ1) is 13.5. The molecule has 1 unspecified atom stereocenters. The lowest BCUT2D eigenvalue weighted by Crippen LogP contribution is -2.30. The average Bonchev–Trinajstić information content (AvgIpc) is 3.08. The Morgan fingerprint density at radius 1 is 0.893 bits per heavy atom. The summed E-state index contributed by atoms with van der Waals surface area (Å²) in [6.45, 7) is 2.15. The van der Waals surface area contributed by atoms with E-state index in [1.165, 1.54) is 4.31 Å². The third kappa shape index (κ3) is 3.31. The van der Waals surface area contributed by atoms with Crippen molar-refractivity contribution in [3.63, 3.8) is 0 Å². The van der Waals surface area contributed by atoms with Crippen LogP contribution in [0.1, 0.15) is 17.2 Å². The van der Waals surface area contributed by atoms with Crippen LogP contribution in [0.5, 0.6) is 11.5 Å². The quantitative estimate of drug-likeness (QED) is 0.645. The molecule has 1 heterocycles. The summed E-state index contributed by atoms with van der Waals surface area (Å²) in [4.78, 5) is 0.276. The highest BCUT2D eigenvalue weighted by atomic mass is 32.2. The van der Waals surface area contributed by atoms with Gasteiger partial charge < -0.3 is 9.47 Å². The Kier molecular flexibility index (Phi) is 4.73. The molecule has 144 valence electrons. The van der Waals surface area contributed by atoms with Crippen molar-refractivity contribution in [1.82, 2.24) is 0 Å². The Balaban J connectivity index is 1.66. The number of sulfonamides is 1. The maximum absolute atomic E-state index is 13.2. The Hall–Kier alpha value is -2.99. The molecule has 0 spiro atoms. The van der Waals surface area contributed by atoms with Crippen molar-refractivity contribution in [1.29, 1.82) is 0 Å². The van der Waals surface area contributed by atoms with E-state index in [0.29, 0.717) is 11.4 Å². The molecule has 1 atom stereocenters. The van der Waals surface area contributed by atoms with E-state index in [0.717, 1.165) is 16.9 Å². The fourth-order valence-corrected chi connectivity index (χ4v) is 4.81. The first kappa shape index (κ1) is 18.4. The van der Waals surface area contributed by atoms with E-state index in [1.807, 2.05) is 55.5 Å². The highest BCUT2D eigenvalue weighted by Gasteiger charge is 2.37. The van der Waals surface area contributed by atoms with Crippen LogP contribution in [0.3, 0.4) is 0 Å². The molecular weight excluding hydrogens is 374 g/mol. The highest BCUT2D eigenvalue weighted by Crippen LogP contribution is 2.40. The molecule has 0 fully saturated rings. The molecule has 1 aliphatic heterocycles. The van der Waals surface area contributed by atoms with Gasteiger partial charge in [-0.05, 0) is 49.4 Å². The van der Waals surface area contributed by atoms with Gasteiger partial charge in [-0.2, -0.15) is 0 Å². The SMILES string of the molecule is COc1ccc(OC2CN(S(=O)(=O)c3ccc(C)cc3)c3ccccc32)cc1. The number of ether oxygens (including phenoxy) is 2. The van der Waals surface area contributed by atoms with E-state index < -0.39 is 10.0 Å². The minimum Gasteiger partial charge on any atom is -0.497 e. The normalized spacial score (nSPS) is 15.9. The van der Waals surface area contributed by atoms with Gasteiger partial charge in [0.15, 0.2) is 0 Å². The Morgan fingerprint density at radius 3 is 2.21 bits per heavy atom. The van der Waals surface area contributed by atoms with E-state index in [4.69, 9.17) is 9.47 Å². The number of aryl methyl sites for hydroxylation is 1. The summed E-state index contributed by atoms with van der Waals surface area (Å²) in [7, 11) is -2.06. The number of anilines is 1. The Bertz CT molecular complexity index is 1080. The molecule has 3 aromatic rings. The largest absolute Gasteiger partial charge is 0.497 e. The summed E-state index contributed by atoms with van der Waals surface area (Å²) < 4.78 is 39.2. The first-order valence-electron chi connectivity index (χ1n) is 8.98. The van der Waals surface area contributed by atoms with E-state index in [-0.39, 0.29) is 17.5 Å². The van der Waals surface area contributed by atoms with Crippen LogP contribution >= 0.6 is 0 Å². The minimum absolute atomic E-state index is 0.224. The second-order valence-electron chi connectivity index (χ2n) is 6.69. The molecule has 0 saturated heterocycles. The van der Waals surface area contributed by atoms with Crippen LogP contribution in [0, 0.1) is 6.92 Å². The van der Waals surface area contributed by atoms with Gasteiger partial charge >= 0.3 is 0 Å². The Labute approximate surface area is 165 Å². The maximum Gasteiger partial charge on any atom is 0.264 e. The molecule has 28 heavy (non-hydrogen) atoms. The van der Waals surface area contributed by atoms with Crippen molar-refractivity contribution in [2.75, 3.05) is 18.0 Å². The smallest absolute Gasteiger partial charge is 0.264 e. The lowest BCUT2D eigenvalue weighted by atomic mass is 10.1. The fourth-order valence-electron chi connectivity index (χ4n) is 3.32. The number of fused-ring (bicyclic) bond motifs is 1. The second-order valence-corrected chi connectivity index (χ2v) is 8.55. The van der Waals surface area contributed by atoms with E-state index in [1.54, 1.807) is 31.4 Å². The first-order valence-corrected chi connectivity index (χ1v) is 10.4. The van der Waals surface area contributed by atoms with Gasteiger partial charge in [0.05, 0.1) is 24.2 Å². The highest BCUT2D eigenvalue weighted by molar-refractivity contribution is 7.92. The monoisotopic (exact) mass is 395 g/mol. The standard InChI is InChI=1S/C22H21NO4S/c1-16-7-13-19(14-8-16)28(24,25)23-15-22(20-5-3-4-6-21(20)23)27-18-11-9-17(26-2)10-12-18/h3-14,22H,15H2,1-2H3. The van der Waals surface area contributed by atoms with Crippen molar-refractivity contribution in [3.05, 3.63) is 83.9 Å². The molecule has 3 aromatic carbocycles. The molecule has 0 saturated carbocycles. The van der Waals surface area contributed by atoms with Gasteiger partial charge in [-0.25, -0.2) is 8.42 Å². The molecule has 0 aliphatic carbocycles. The maximum atomic E-state index is 13.2. The molecule has 0 aromatic heterocycles. The number of hydrogen-bond acceptors (Lipinski definition) is 4. The second kappa shape index (κ2) is 7.20. The van der Waals surface area contributed by atoms with Crippen LogP contribution in [-0.4, -0.2) is 22.1 Å². The van der Waals surface area contributed by atoms with Crippen LogP contribution in [-0.2, 0) is 10.0 Å². The predicted molar refractivity (Wildman–Crippen MR) is 109 cm³/mol. The molecule has 6 heteroatoms. The molecule has 1 aliphatic rings. The van der Waals surface area contributed by atoms with Gasteiger partial charge in [0.2, 0.25) is 0 Å². The van der Waals surface area contributed by atoms with E-state index >= 15 is 0 Å². The van der Waals surface area contributed by atoms with Gasteiger partial charge in [0.25, 0.3) is 10.0 Å². The molecule has 4 rings (SSSR count). The van der Waals surface area contributed by atoms with Gasteiger partial charge in [0.1, 0.15) is 17.6 Å². The molecule has 0 radical (unpaired) electrons. The molecule has 0 amide bonds. The Morgan fingerprint density at radius 2 is 1.54 bits per heavy atom. The van der Waals surface area contributed by atoms with Gasteiger partial charge in [-0.15, -0.1) is 0 Å². The summed E-state index contributed by atoms with van der Waals surface area (Å²) in [5.74, 6) is 1.40. The number of hydrogen-bond donors (Lipinski definition) is 0. The minimum atomic E-state index is -3.67. The zero-order valence-corrected chi connectivity index (χ0v) is 16.5. The van der Waals surface area contributed by atoms with Crippen LogP contribution < -0.4 is 13.8 Å². The zero-order chi connectivity index (χ0) is 19.7. The van der Waals surface area contributed by atoms with Crippen molar-refractivity contribution in [2.45, 2.75) is 17.9 Å². The van der Waals surface area contributed by atoms with Crippen LogP contribution in [0.4, 0.5) is 5.69 Å². The molecule has 0 bridgehead atoms. The third-order valence-corrected chi connectivity index (χ3v) is 6.62.